The number of carbonyl (C=O) groups excluding carboxylic acids is 1. The third-order valence-electron chi connectivity index (χ3n) is 2.83. The molecule has 0 atom stereocenters. The summed E-state index contributed by atoms with van der Waals surface area (Å²) in [7, 11) is 0. The highest BCUT2D eigenvalue weighted by Crippen LogP contribution is 2.12. The quantitative estimate of drug-likeness (QED) is 0.805. The van der Waals surface area contributed by atoms with Gasteiger partial charge in [-0.25, -0.2) is 14.6 Å². The minimum Gasteiger partial charge on any atom is -0.477 e. The highest BCUT2D eigenvalue weighted by Gasteiger charge is 2.06. The lowest BCUT2D eigenvalue weighted by Gasteiger charge is -2.08. The topological polar surface area (TPSA) is 91.3 Å². The number of anilines is 2. The van der Waals surface area contributed by atoms with Crippen molar-refractivity contribution in [2.45, 2.75) is 13.3 Å². The molecule has 0 radical (unpaired) electrons. The van der Waals surface area contributed by atoms with Crippen LogP contribution in [0.4, 0.5) is 16.2 Å². The van der Waals surface area contributed by atoms with Gasteiger partial charge < -0.3 is 15.7 Å². The van der Waals surface area contributed by atoms with E-state index in [2.05, 4.69) is 15.6 Å². The Bertz CT molecular complexity index is 653. The van der Waals surface area contributed by atoms with Gasteiger partial charge in [-0.05, 0) is 36.2 Å². The molecule has 0 spiro atoms. The van der Waals surface area contributed by atoms with Crippen LogP contribution in [0.15, 0.2) is 42.6 Å². The maximum absolute atomic E-state index is 11.8. The number of carboxylic acid groups (broad SMARTS) is 1. The molecule has 0 aliphatic rings. The molecular formula is C15H15N3O3. The largest absolute Gasteiger partial charge is 0.477 e. The number of carboxylic acids is 1. The highest BCUT2D eigenvalue weighted by molar-refractivity contribution is 5.99. The summed E-state index contributed by atoms with van der Waals surface area (Å²) in [5.74, 6) is -1.11. The first-order valence-electron chi connectivity index (χ1n) is 6.45. The predicted octanol–water partition coefficient (Wildman–Crippen LogP) is 2.99. The summed E-state index contributed by atoms with van der Waals surface area (Å²) in [4.78, 5) is 26.2. The van der Waals surface area contributed by atoms with Crippen LogP contribution in [0.2, 0.25) is 0 Å². The SMILES string of the molecule is CCc1cccc(NC(=O)Nc2ccc(C(=O)O)nc2)c1. The standard InChI is InChI=1S/C15H15N3O3/c1-2-10-4-3-5-11(8-10)17-15(21)18-12-6-7-13(14(19)20)16-9-12/h3-9H,2H2,1H3,(H,19,20)(H2,17,18,21). The lowest BCUT2D eigenvalue weighted by molar-refractivity contribution is 0.0690. The lowest BCUT2D eigenvalue weighted by Crippen LogP contribution is -2.19. The Hall–Kier alpha value is -2.89. The summed E-state index contributed by atoms with van der Waals surface area (Å²) in [6.45, 7) is 2.04. The summed E-state index contributed by atoms with van der Waals surface area (Å²) in [5.41, 5.74) is 2.17. The normalized spacial score (nSPS) is 9.95. The van der Waals surface area contributed by atoms with Crippen molar-refractivity contribution >= 4 is 23.4 Å². The number of nitrogens with zero attached hydrogens (tertiary/aromatic N) is 1. The van der Waals surface area contributed by atoms with Crippen molar-refractivity contribution in [1.29, 1.82) is 0 Å². The van der Waals surface area contributed by atoms with Crippen molar-refractivity contribution in [3.8, 4) is 0 Å². The van der Waals surface area contributed by atoms with Crippen LogP contribution in [0.5, 0.6) is 0 Å². The number of aromatic carboxylic acids is 1. The maximum atomic E-state index is 11.8. The van der Waals surface area contributed by atoms with Crippen LogP contribution < -0.4 is 10.6 Å². The van der Waals surface area contributed by atoms with E-state index < -0.39 is 12.0 Å². The lowest BCUT2D eigenvalue weighted by atomic mass is 10.1. The van der Waals surface area contributed by atoms with Crippen LogP contribution in [0.3, 0.4) is 0 Å². The van der Waals surface area contributed by atoms with Crippen molar-refractivity contribution in [2.75, 3.05) is 10.6 Å². The van der Waals surface area contributed by atoms with Crippen molar-refractivity contribution in [3.63, 3.8) is 0 Å². The zero-order valence-electron chi connectivity index (χ0n) is 11.5. The third-order valence-corrected chi connectivity index (χ3v) is 2.83. The van der Waals surface area contributed by atoms with E-state index in [1.165, 1.54) is 18.3 Å². The number of rotatable bonds is 4. The van der Waals surface area contributed by atoms with Crippen LogP contribution in [0.1, 0.15) is 23.0 Å². The number of nitrogens with one attached hydrogen (secondary N) is 2. The fourth-order valence-electron chi connectivity index (χ4n) is 1.76. The summed E-state index contributed by atoms with van der Waals surface area (Å²) in [6.07, 6.45) is 2.18. The molecule has 2 amide bonds. The maximum Gasteiger partial charge on any atom is 0.354 e. The first-order chi connectivity index (χ1) is 10.1. The molecule has 2 rings (SSSR count). The smallest absolute Gasteiger partial charge is 0.354 e. The Morgan fingerprint density at radius 2 is 1.90 bits per heavy atom. The molecule has 1 heterocycles. The number of hydrogen-bond donors (Lipinski definition) is 3. The molecule has 108 valence electrons. The van der Waals surface area contributed by atoms with Gasteiger partial charge >= 0.3 is 12.0 Å². The minimum absolute atomic E-state index is 0.0726. The number of aryl methyl sites for hydroxylation is 1. The van der Waals surface area contributed by atoms with Crippen LogP contribution in [0.25, 0.3) is 0 Å². The van der Waals surface area contributed by atoms with E-state index in [0.29, 0.717) is 11.4 Å². The predicted molar refractivity (Wildman–Crippen MR) is 79.7 cm³/mol. The molecule has 2 aromatic rings. The van der Waals surface area contributed by atoms with Crippen molar-refractivity contribution < 1.29 is 14.7 Å². The van der Waals surface area contributed by atoms with E-state index in [1.807, 2.05) is 25.1 Å². The van der Waals surface area contributed by atoms with E-state index in [9.17, 15) is 9.59 Å². The van der Waals surface area contributed by atoms with E-state index in [4.69, 9.17) is 5.11 Å². The Labute approximate surface area is 121 Å². The van der Waals surface area contributed by atoms with E-state index in [1.54, 1.807) is 6.07 Å². The second-order valence-electron chi connectivity index (χ2n) is 4.37. The van der Waals surface area contributed by atoms with Gasteiger partial charge in [0.25, 0.3) is 0 Å². The molecule has 6 nitrogen and oxygen atoms in total. The van der Waals surface area contributed by atoms with Gasteiger partial charge in [0.05, 0.1) is 11.9 Å². The first-order valence-corrected chi connectivity index (χ1v) is 6.45. The summed E-state index contributed by atoms with van der Waals surface area (Å²) < 4.78 is 0. The van der Waals surface area contributed by atoms with Crippen LogP contribution >= 0.6 is 0 Å². The Morgan fingerprint density at radius 1 is 1.14 bits per heavy atom. The molecule has 0 saturated heterocycles. The fraction of sp³-hybridized carbons (Fsp3) is 0.133. The second kappa shape index (κ2) is 6.51. The molecule has 0 saturated carbocycles. The number of benzene rings is 1. The Balaban J connectivity index is 1.99. The molecule has 0 aliphatic carbocycles. The van der Waals surface area contributed by atoms with Crippen molar-refractivity contribution in [3.05, 3.63) is 53.9 Å². The van der Waals surface area contributed by atoms with Crippen LogP contribution in [0, 0.1) is 0 Å². The van der Waals surface area contributed by atoms with E-state index in [0.717, 1.165) is 12.0 Å². The monoisotopic (exact) mass is 285 g/mol. The van der Waals surface area contributed by atoms with Crippen molar-refractivity contribution in [2.24, 2.45) is 0 Å². The molecule has 21 heavy (non-hydrogen) atoms. The zero-order chi connectivity index (χ0) is 15.2. The van der Waals surface area contributed by atoms with Crippen LogP contribution in [-0.2, 0) is 6.42 Å². The minimum atomic E-state index is -1.11. The zero-order valence-corrected chi connectivity index (χ0v) is 11.5. The number of urea groups is 1. The summed E-state index contributed by atoms with van der Waals surface area (Å²) >= 11 is 0. The highest BCUT2D eigenvalue weighted by atomic mass is 16.4. The molecule has 1 aromatic carbocycles. The summed E-state index contributed by atoms with van der Waals surface area (Å²) in [5, 5.41) is 14.0. The fourth-order valence-corrected chi connectivity index (χ4v) is 1.76. The van der Waals surface area contributed by atoms with Gasteiger partial charge in [0.2, 0.25) is 0 Å². The van der Waals surface area contributed by atoms with Crippen LogP contribution in [-0.4, -0.2) is 22.1 Å². The molecule has 3 N–H and O–H groups in total. The van der Waals surface area contributed by atoms with Gasteiger partial charge in [0.1, 0.15) is 5.69 Å². The van der Waals surface area contributed by atoms with Crippen molar-refractivity contribution in [1.82, 2.24) is 4.98 Å². The molecule has 0 aliphatic heterocycles. The second-order valence-corrected chi connectivity index (χ2v) is 4.37. The van der Waals surface area contributed by atoms with Gasteiger partial charge in [0.15, 0.2) is 0 Å². The third kappa shape index (κ3) is 4.04. The Kier molecular flexibility index (Phi) is 4.50. The molecule has 1 aromatic heterocycles. The van der Waals surface area contributed by atoms with Gasteiger partial charge in [0, 0.05) is 5.69 Å². The average molecular weight is 285 g/mol. The summed E-state index contributed by atoms with van der Waals surface area (Å²) in [6, 6.07) is 9.95. The number of amides is 2. The van der Waals surface area contributed by atoms with Gasteiger partial charge in [-0.3, -0.25) is 0 Å². The van der Waals surface area contributed by atoms with E-state index in [-0.39, 0.29) is 5.69 Å². The molecule has 0 fully saturated rings. The molecule has 0 unspecified atom stereocenters. The molecule has 6 heteroatoms. The van der Waals surface area contributed by atoms with Gasteiger partial charge in [-0.2, -0.15) is 0 Å². The molecule has 0 bridgehead atoms. The van der Waals surface area contributed by atoms with Gasteiger partial charge in [-0.1, -0.05) is 19.1 Å². The number of carbonyl (C=O) groups is 2. The van der Waals surface area contributed by atoms with Gasteiger partial charge in [-0.15, -0.1) is 0 Å². The number of aromatic nitrogens is 1. The first kappa shape index (κ1) is 14.5. The number of pyridine rings is 1. The average Bonchev–Trinajstić information content (AvgIpc) is 2.47. The molecular weight excluding hydrogens is 270 g/mol. The Morgan fingerprint density at radius 3 is 2.52 bits per heavy atom. The van der Waals surface area contributed by atoms with E-state index >= 15 is 0 Å². The number of hydrogen-bond acceptors (Lipinski definition) is 3.